The average molecular weight is 322 g/mol. The fourth-order valence-corrected chi connectivity index (χ4v) is 2.82. The van der Waals surface area contributed by atoms with E-state index in [0.29, 0.717) is 5.76 Å². The van der Waals surface area contributed by atoms with Gasteiger partial charge in [-0.3, -0.25) is 9.59 Å². The van der Waals surface area contributed by atoms with Gasteiger partial charge in [-0.2, -0.15) is 0 Å². The van der Waals surface area contributed by atoms with E-state index in [-0.39, 0.29) is 17.9 Å². The van der Waals surface area contributed by atoms with Crippen LogP contribution in [0.25, 0.3) is 0 Å². The minimum absolute atomic E-state index is 0.201. The summed E-state index contributed by atoms with van der Waals surface area (Å²) in [5, 5.41) is 0. The zero-order valence-electron chi connectivity index (χ0n) is 14.5. The number of carbonyl (C=O) groups excluding carboxylic acids is 2. The first kappa shape index (κ1) is 19.5. The number of carbonyl (C=O) groups is 2. The molecule has 0 aromatic heterocycles. The van der Waals surface area contributed by atoms with Crippen molar-refractivity contribution < 1.29 is 19.1 Å². The van der Waals surface area contributed by atoms with Crippen molar-refractivity contribution >= 4 is 11.9 Å². The Morgan fingerprint density at radius 1 is 1.00 bits per heavy atom. The van der Waals surface area contributed by atoms with Crippen LogP contribution >= 0.6 is 0 Å². The summed E-state index contributed by atoms with van der Waals surface area (Å²) in [6.07, 6.45) is 16.4. The Balaban J connectivity index is 2.76. The van der Waals surface area contributed by atoms with Crippen LogP contribution in [0.3, 0.4) is 0 Å². The molecular weight excluding hydrogens is 292 g/mol. The molecule has 0 aromatic carbocycles. The summed E-state index contributed by atoms with van der Waals surface area (Å²) in [6, 6.07) is 0. The highest BCUT2D eigenvalue weighted by Gasteiger charge is 2.15. The van der Waals surface area contributed by atoms with E-state index < -0.39 is 0 Å². The van der Waals surface area contributed by atoms with Crippen molar-refractivity contribution in [3.05, 3.63) is 24.0 Å². The fourth-order valence-electron chi connectivity index (χ4n) is 2.82. The summed E-state index contributed by atoms with van der Waals surface area (Å²) in [4.78, 5) is 23.0. The number of methoxy groups -OCH3 is 1. The maximum atomic E-state index is 11.8. The van der Waals surface area contributed by atoms with E-state index >= 15 is 0 Å². The number of esters is 2. The first-order chi connectivity index (χ1) is 11.1. The Morgan fingerprint density at radius 2 is 1.61 bits per heavy atom. The van der Waals surface area contributed by atoms with Gasteiger partial charge in [-0.15, -0.1) is 0 Å². The topological polar surface area (TPSA) is 52.6 Å². The molecular formula is C19H30O4. The Bertz CT molecular complexity index is 423. The van der Waals surface area contributed by atoms with Gasteiger partial charge in [0.1, 0.15) is 5.76 Å². The molecule has 0 amide bonds. The molecule has 0 radical (unpaired) electrons. The number of hydrogen-bond donors (Lipinski definition) is 0. The van der Waals surface area contributed by atoms with Crippen LogP contribution in [0.1, 0.15) is 71.1 Å². The Labute approximate surface area is 139 Å². The summed E-state index contributed by atoms with van der Waals surface area (Å²) < 4.78 is 10.1. The highest BCUT2D eigenvalue weighted by molar-refractivity contribution is 5.74. The van der Waals surface area contributed by atoms with Gasteiger partial charge in [0.25, 0.3) is 0 Å². The lowest BCUT2D eigenvalue weighted by Gasteiger charge is -2.10. The highest BCUT2D eigenvalue weighted by Crippen LogP contribution is 2.18. The van der Waals surface area contributed by atoms with Gasteiger partial charge in [0.2, 0.25) is 0 Å². The molecule has 23 heavy (non-hydrogen) atoms. The van der Waals surface area contributed by atoms with Crippen LogP contribution in [0.5, 0.6) is 0 Å². The second-order valence-electron chi connectivity index (χ2n) is 6.11. The molecule has 0 N–H and O–H groups in total. The number of ether oxygens (including phenoxy) is 2. The summed E-state index contributed by atoms with van der Waals surface area (Å²) >= 11 is 0. The lowest BCUT2D eigenvalue weighted by atomic mass is 9.99. The summed E-state index contributed by atoms with van der Waals surface area (Å²) in [7, 11) is 1.42. The molecule has 4 nitrogen and oxygen atoms in total. The molecule has 0 spiro atoms. The monoisotopic (exact) mass is 322 g/mol. The van der Waals surface area contributed by atoms with Gasteiger partial charge in [0, 0.05) is 13.3 Å². The maximum absolute atomic E-state index is 11.8. The second kappa shape index (κ2) is 11.9. The Hall–Kier alpha value is -1.58. The second-order valence-corrected chi connectivity index (χ2v) is 6.11. The minimum atomic E-state index is -0.299. The van der Waals surface area contributed by atoms with E-state index in [0.717, 1.165) is 38.5 Å². The summed E-state index contributed by atoms with van der Waals surface area (Å²) in [6.45, 7) is 1.41. The van der Waals surface area contributed by atoms with Crippen LogP contribution in [0.15, 0.2) is 24.0 Å². The van der Waals surface area contributed by atoms with Crippen molar-refractivity contribution in [1.29, 1.82) is 0 Å². The molecule has 1 unspecified atom stereocenters. The van der Waals surface area contributed by atoms with E-state index in [2.05, 4.69) is 0 Å². The molecule has 1 atom stereocenters. The SMILES string of the molecule is COC(=O)C1/C=C\C=C(\OC(C)=O)CCCCCCCCCC1. The van der Waals surface area contributed by atoms with Crippen LogP contribution in [0.4, 0.5) is 0 Å². The minimum Gasteiger partial charge on any atom is -0.469 e. The molecule has 1 rings (SSSR count). The summed E-state index contributed by atoms with van der Waals surface area (Å²) in [5.41, 5.74) is 0. The van der Waals surface area contributed by atoms with Crippen LogP contribution in [0, 0.1) is 5.92 Å². The van der Waals surface area contributed by atoms with E-state index in [9.17, 15) is 9.59 Å². The molecule has 4 heteroatoms. The Morgan fingerprint density at radius 3 is 2.22 bits per heavy atom. The predicted octanol–water partition coefficient (Wildman–Crippen LogP) is 4.69. The quantitative estimate of drug-likeness (QED) is 0.692. The smallest absolute Gasteiger partial charge is 0.312 e. The van der Waals surface area contributed by atoms with Crippen molar-refractivity contribution in [2.24, 2.45) is 5.92 Å². The molecule has 0 saturated carbocycles. The van der Waals surface area contributed by atoms with Crippen molar-refractivity contribution in [3.63, 3.8) is 0 Å². The van der Waals surface area contributed by atoms with Gasteiger partial charge in [-0.25, -0.2) is 0 Å². The van der Waals surface area contributed by atoms with Crippen molar-refractivity contribution in [3.8, 4) is 0 Å². The molecule has 0 heterocycles. The molecule has 130 valence electrons. The fraction of sp³-hybridized carbons (Fsp3) is 0.684. The zero-order chi connectivity index (χ0) is 16.9. The van der Waals surface area contributed by atoms with E-state index in [4.69, 9.17) is 9.47 Å². The third-order valence-electron chi connectivity index (χ3n) is 4.09. The van der Waals surface area contributed by atoms with E-state index in [1.807, 2.05) is 12.2 Å². The van der Waals surface area contributed by atoms with E-state index in [1.165, 1.54) is 39.7 Å². The van der Waals surface area contributed by atoms with Crippen molar-refractivity contribution in [1.82, 2.24) is 0 Å². The third-order valence-corrected chi connectivity index (χ3v) is 4.09. The molecule has 0 aromatic rings. The number of hydrogen-bond acceptors (Lipinski definition) is 4. The first-order valence-electron chi connectivity index (χ1n) is 8.77. The maximum Gasteiger partial charge on any atom is 0.312 e. The number of rotatable bonds is 2. The first-order valence-corrected chi connectivity index (χ1v) is 8.77. The van der Waals surface area contributed by atoms with Crippen LogP contribution in [-0.2, 0) is 19.1 Å². The van der Waals surface area contributed by atoms with Gasteiger partial charge >= 0.3 is 11.9 Å². The zero-order valence-corrected chi connectivity index (χ0v) is 14.5. The van der Waals surface area contributed by atoms with Gasteiger partial charge in [-0.1, -0.05) is 57.1 Å². The summed E-state index contributed by atoms with van der Waals surface area (Å²) in [5.74, 6) is -0.0488. The van der Waals surface area contributed by atoms with Gasteiger partial charge in [-0.05, 0) is 18.9 Å². The Kier molecular flexibility index (Phi) is 10.1. The highest BCUT2D eigenvalue weighted by atomic mass is 16.5. The lowest BCUT2D eigenvalue weighted by molar-refractivity contribution is -0.144. The predicted molar refractivity (Wildman–Crippen MR) is 90.7 cm³/mol. The molecule has 0 saturated heterocycles. The van der Waals surface area contributed by atoms with Crippen molar-refractivity contribution in [2.45, 2.75) is 71.1 Å². The molecule has 0 fully saturated rings. The van der Waals surface area contributed by atoms with Crippen LogP contribution < -0.4 is 0 Å². The largest absolute Gasteiger partial charge is 0.469 e. The van der Waals surface area contributed by atoms with Gasteiger partial charge < -0.3 is 9.47 Å². The lowest BCUT2D eigenvalue weighted by Crippen LogP contribution is -2.13. The van der Waals surface area contributed by atoms with Gasteiger partial charge in [0.05, 0.1) is 13.0 Å². The normalized spacial score (nSPS) is 25.1. The number of allylic oxidation sites excluding steroid dienone is 3. The van der Waals surface area contributed by atoms with E-state index in [1.54, 1.807) is 6.08 Å². The molecule has 0 aliphatic heterocycles. The average Bonchev–Trinajstić information content (AvgIpc) is 2.53. The van der Waals surface area contributed by atoms with Crippen molar-refractivity contribution in [2.75, 3.05) is 7.11 Å². The van der Waals surface area contributed by atoms with Gasteiger partial charge in [0.15, 0.2) is 0 Å². The molecule has 1 aliphatic rings. The standard InChI is InChI=1S/C19H30O4/c1-16(20)23-18-14-10-8-6-4-3-5-7-9-12-17(13-11-15-18)19(21)22-2/h11,13,15,17H,3-10,12,14H2,1-2H3/b13-11-,18-15+. The molecule has 1 aliphatic carbocycles. The van der Waals surface area contributed by atoms with Crippen LogP contribution in [0.2, 0.25) is 0 Å². The van der Waals surface area contributed by atoms with Crippen LogP contribution in [-0.4, -0.2) is 19.0 Å². The molecule has 0 bridgehead atoms. The third kappa shape index (κ3) is 9.22.